The van der Waals surface area contributed by atoms with Gasteiger partial charge in [-0.3, -0.25) is 0 Å². The van der Waals surface area contributed by atoms with Gasteiger partial charge in [-0.1, -0.05) is 16.7 Å². The van der Waals surface area contributed by atoms with Crippen LogP contribution in [0.4, 0.5) is 18.6 Å². The van der Waals surface area contributed by atoms with Crippen molar-refractivity contribution in [1.29, 1.82) is 0 Å². The van der Waals surface area contributed by atoms with Gasteiger partial charge in [-0.25, -0.2) is 8.42 Å². The smallest absolute Gasteiger partial charge is 0.445 e. The molecule has 104 valence electrons. The summed E-state index contributed by atoms with van der Waals surface area (Å²) in [5.74, 6) is -0.776. The van der Waals surface area contributed by atoms with Crippen LogP contribution in [0.1, 0.15) is 11.1 Å². The Balaban J connectivity index is 0.00000361. The van der Waals surface area contributed by atoms with Gasteiger partial charge in [-0.05, 0) is 24.1 Å². The molecule has 0 aliphatic rings. The number of nitrogens with zero attached hydrogens (tertiary/aromatic N) is 3. The van der Waals surface area contributed by atoms with Crippen LogP contribution in [0.3, 0.4) is 0 Å². The molecular formula is C8H7BClF3KN3O2S. The van der Waals surface area contributed by atoms with Crippen molar-refractivity contribution in [2.24, 2.45) is 5.11 Å². The summed E-state index contributed by atoms with van der Waals surface area (Å²) >= 11 is 0. The summed E-state index contributed by atoms with van der Waals surface area (Å²) in [5.41, 5.74) is 6.60. The fraction of sp³-hybridized carbons (Fsp3) is 0.250. The third kappa shape index (κ3) is 5.94. The van der Waals surface area contributed by atoms with Gasteiger partial charge in [0.2, 0.25) is 9.05 Å². The van der Waals surface area contributed by atoms with E-state index in [0.717, 1.165) is 13.0 Å². The van der Waals surface area contributed by atoms with Crippen LogP contribution < -0.4 is 56.8 Å². The molecule has 0 aliphatic heterocycles. The zero-order valence-electron chi connectivity index (χ0n) is 10.5. The molecule has 1 aromatic carbocycles. The first-order chi connectivity index (χ1) is 8.54. The van der Waals surface area contributed by atoms with Crippen LogP contribution in [0.5, 0.6) is 0 Å². The number of benzene rings is 1. The molecule has 12 heteroatoms. The molecular weight excluding hydrogens is 345 g/mol. The van der Waals surface area contributed by atoms with Crippen LogP contribution in [0, 0.1) is 6.92 Å². The first-order valence-electron chi connectivity index (χ1n) is 4.85. The molecule has 0 amide bonds. The molecule has 0 fully saturated rings. The van der Waals surface area contributed by atoms with Gasteiger partial charge in [-0.2, -0.15) is 0 Å². The Bertz CT molecular complexity index is 662. The summed E-state index contributed by atoms with van der Waals surface area (Å²) < 4.78 is 60.3. The maximum Gasteiger partial charge on any atom is 1.00 e. The van der Waals surface area contributed by atoms with Crippen LogP contribution in [0.15, 0.2) is 17.2 Å². The molecule has 0 aromatic heterocycles. The predicted molar refractivity (Wildman–Crippen MR) is 67.2 cm³/mol. The van der Waals surface area contributed by atoms with Crippen molar-refractivity contribution < 1.29 is 72.7 Å². The number of halogens is 4. The van der Waals surface area contributed by atoms with E-state index in [1.165, 1.54) is 0 Å². The Morgan fingerprint density at radius 3 is 2.35 bits per heavy atom. The minimum atomic E-state index is -5.35. The van der Waals surface area contributed by atoms with Crippen molar-refractivity contribution in [1.82, 2.24) is 0 Å². The summed E-state index contributed by atoms with van der Waals surface area (Å²) in [6.45, 7) is -4.20. The fourth-order valence-corrected chi connectivity index (χ4v) is 2.50. The second-order valence-corrected chi connectivity index (χ2v) is 6.55. The average Bonchev–Trinajstić information content (AvgIpc) is 2.19. The third-order valence-electron chi connectivity index (χ3n) is 2.32. The first-order valence-corrected chi connectivity index (χ1v) is 7.33. The number of azide groups is 1. The molecule has 0 saturated heterocycles. The van der Waals surface area contributed by atoms with E-state index in [-0.39, 0.29) is 68.2 Å². The molecule has 0 saturated carbocycles. The Hall–Kier alpha value is 0.261. The quantitative estimate of drug-likeness (QED) is 0.253. The van der Waals surface area contributed by atoms with Gasteiger partial charge in [0.15, 0.2) is 0 Å². The minimum Gasteiger partial charge on any atom is -0.445 e. The van der Waals surface area contributed by atoms with Gasteiger partial charge >= 0.3 is 58.4 Å². The summed E-state index contributed by atoms with van der Waals surface area (Å²) in [7, 11) is 0.989. The predicted octanol–water partition coefficient (Wildman–Crippen LogP) is 0.0638. The zero-order chi connectivity index (χ0) is 14.8. The largest absolute Gasteiger partial charge is 1.00 e. The molecule has 0 radical (unpaired) electrons. The van der Waals surface area contributed by atoms with Gasteiger partial charge in [0.05, 0.1) is 5.75 Å². The van der Waals surface area contributed by atoms with Gasteiger partial charge in [-0.15, -0.1) is 5.46 Å². The molecule has 0 atom stereocenters. The molecule has 0 unspecified atom stereocenters. The van der Waals surface area contributed by atoms with E-state index in [9.17, 15) is 21.4 Å². The normalized spacial score (nSPS) is 11.4. The van der Waals surface area contributed by atoms with Crippen molar-refractivity contribution in [3.05, 3.63) is 33.7 Å². The van der Waals surface area contributed by atoms with E-state index < -0.39 is 27.2 Å². The summed E-state index contributed by atoms with van der Waals surface area (Å²) in [6.07, 6.45) is 0. The van der Waals surface area contributed by atoms with Crippen molar-refractivity contribution in [3.8, 4) is 0 Å². The second-order valence-electron chi connectivity index (χ2n) is 3.78. The van der Waals surface area contributed by atoms with Crippen LogP contribution in [-0.2, 0) is 14.8 Å². The Morgan fingerprint density at radius 2 is 1.95 bits per heavy atom. The SMILES string of the molecule is Cc1c(N=[N+]=[N-])cc(CS(=O)(=O)Cl)cc1[B-](F)(F)F.[K+]. The van der Waals surface area contributed by atoms with Crippen molar-refractivity contribution in [3.63, 3.8) is 0 Å². The average molecular weight is 352 g/mol. The second kappa shape index (κ2) is 7.50. The van der Waals surface area contributed by atoms with E-state index in [2.05, 4.69) is 10.0 Å². The molecule has 20 heavy (non-hydrogen) atoms. The maximum absolute atomic E-state index is 12.8. The molecule has 0 heterocycles. The van der Waals surface area contributed by atoms with Crippen LogP contribution >= 0.6 is 10.7 Å². The zero-order valence-corrected chi connectivity index (χ0v) is 15.2. The molecule has 0 spiro atoms. The van der Waals surface area contributed by atoms with Gasteiger partial charge in [0.25, 0.3) is 0 Å². The standard InChI is InChI=1S/C8H7BClF3N3O2S.K/c1-5-7(9(11,12)13)2-6(4-19(10,17)18)3-8(5)15-16-14;/h2-3H,4H2,1H3;/q-1;+1. The number of hydrogen-bond donors (Lipinski definition) is 0. The van der Waals surface area contributed by atoms with Gasteiger partial charge in [0, 0.05) is 21.3 Å². The fourth-order valence-electron chi connectivity index (χ4n) is 1.56. The van der Waals surface area contributed by atoms with Gasteiger partial charge < -0.3 is 12.9 Å². The Morgan fingerprint density at radius 1 is 1.40 bits per heavy atom. The van der Waals surface area contributed by atoms with Crippen LogP contribution in [0.2, 0.25) is 0 Å². The van der Waals surface area contributed by atoms with Gasteiger partial charge in [0.1, 0.15) is 0 Å². The third-order valence-corrected chi connectivity index (χ3v) is 3.33. The monoisotopic (exact) mass is 351 g/mol. The van der Waals surface area contributed by atoms with Crippen molar-refractivity contribution in [2.45, 2.75) is 12.7 Å². The maximum atomic E-state index is 12.8. The van der Waals surface area contributed by atoms with Crippen molar-refractivity contribution in [2.75, 3.05) is 0 Å². The summed E-state index contributed by atoms with van der Waals surface area (Å²) in [6, 6.07) is 1.77. The Kier molecular flexibility index (Phi) is 7.60. The van der Waals surface area contributed by atoms with Crippen LogP contribution in [0.25, 0.3) is 10.4 Å². The first kappa shape index (κ1) is 20.3. The molecule has 0 bridgehead atoms. The number of hydrogen-bond acceptors (Lipinski definition) is 3. The Labute approximate surface area is 160 Å². The van der Waals surface area contributed by atoms with Crippen molar-refractivity contribution >= 4 is 37.9 Å². The van der Waals surface area contributed by atoms with E-state index in [1.807, 2.05) is 0 Å². The molecule has 0 N–H and O–H groups in total. The topological polar surface area (TPSA) is 82.9 Å². The minimum absolute atomic E-state index is 0. The van der Waals surface area contributed by atoms with E-state index in [4.69, 9.17) is 16.2 Å². The number of rotatable bonds is 4. The molecule has 1 rings (SSSR count). The summed E-state index contributed by atoms with van der Waals surface area (Å²) in [5, 5.41) is 3.12. The van der Waals surface area contributed by atoms with E-state index in [0.29, 0.717) is 6.07 Å². The molecule has 0 aliphatic carbocycles. The molecule has 5 nitrogen and oxygen atoms in total. The van der Waals surface area contributed by atoms with E-state index in [1.54, 1.807) is 0 Å². The molecule has 1 aromatic rings. The van der Waals surface area contributed by atoms with E-state index >= 15 is 0 Å². The summed E-state index contributed by atoms with van der Waals surface area (Å²) in [4.78, 5) is 2.41. The van der Waals surface area contributed by atoms with Crippen LogP contribution in [-0.4, -0.2) is 15.4 Å².